The van der Waals surface area contributed by atoms with Crippen molar-refractivity contribution in [1.29, 1.82) is 0 Å². The largest absolute Gasteiger partial charge is 0.544 e. The molecule has 1 aliphatic rings. The van der Waals surface area contributed by atoms with E-state index in [1.165, 1.54) is 0 Å². The van der Waals surface area contributed by atoms with E-state index in [1.807, 2.05) is 0 Å². The number of rotatable bonds is 3. The zero-order valence-corrected chi connectivity index (χ0v) is 12.4. The lowest BCUT2D eigenvalue weighted by Gasteiger charge is -2.04. The number of nitrogens with one attached hydrogen (secondary N) is 1. The van der Waals surface area contributed by atoms with Crippen LogP contribution in [0.15, 0.2) is 9.95 Å². The van der Waals surface area contributed by atoms with Crippen molar-refractivity contribution in [3.63, 3.8) is 0 Å². The average molecular weight is 325 g/mol. The van der Waals surface area contributed by atoms with Crippen LogP contribution in [0.3, 0.4) is 0 Å². The number of hydrogen-bond donors (Lipinski definition) is 1. The second kappa shape index (κ2) is 5.15. The molecule has 0 amide bonds. The van der Waals surface area contributed by atoms with Gasteiger partial charge in [-0.25, -0.2) is 4.98 Å². The predicted octanol–water partition coefficient (Wildman–Crippen LogP) is 0.0641. The van der Waals surface area contributed by atoms with Crippen LogP contribution < -0.4 is 10.7 Å². The molecule has 110 valence electrons. The first-order valence-corrected chi connectivity index (χ1v) is 7.75. The summed E-state index contributed by atoms with van der Waals surface area (Å²) in [5.74, 6) is -1.66. The third kappa shape index (κ3) is 2.42. The lowest BCUT2D eigenvalue weighted by Crippen LogP contribution is -2.21. The number of aromatic amines is 1. The van der Waals surface area contributed by atoms with Crippen molar-refractivity contribution in [3.05, 3.63) is 20.8 Å². The molecule has 1 saturated heterocycles. The molecule has 21 heavy (non-hydrogen) atoms. The number of carboxylic acid groups (broad SMARTS) is 1. The van der Waals surface area contributed by atoms with E-state index in [9.17, 15) is 19.5 Å². The fourth-order valence-electron chi connectivity index (χ4n) is 2.09. The van der Waals surface area contributed by atoms with Gasteiger partial charge in [0, 0.05) is 6.42 Å². The summed E-state index contributed by atoms with van der Waals surface area (Å²) in [4.78, 5) is 41.6. The van der Waals surface area contributed by atoms with Crippen LogP contribution in [-0.2, 0) is 9.53 Å². The normalized spacial score (nSPS) is 18.1. The van der Waals surface area contributed by atoms with Gasteiger partial charge in [0.15, 0.2) is 5.16 Å². The van der Waals surface area contributed by atoms with Crippen LogP contribution in [0.1, 0.15) is 21.7 Å². The number of aryl methyl sites for hydroxylation is 1. The topological polar surface area (TPSA) is 112 Å². The maximum absolute atomic E-state index is 12.1. The minimum absolute atomic E-state index is 0.00886. The number of fused-ring (bicyclic) bond motifs is 1. The van der Waals surface area contributed by atoms with Crippen molar-refractivity contribution in [2.45, 2.75) is 23.8 Å². The molecule has 0 saturated carbocycles. The SMILES string of the molecule is Cc1c(C(=O)[O-])sc2nc(SC3CCOC3=O)[nH]c(=O)c12. The highest BCUT2D eigenvalue weighted by Gasteiger charge is 2.28. The molecule has 1 unspecified atom stereocenters. The summed E-state index contributed by atoms with van der Waals surface area (Å²) in [5, 5.41) is 11.1. The van der Waals surface area contributed by atoms with Gasteiger partial charge < -0.3 is 19.6 Å². The first-order chi connectivity index (χ1) is 9.97. The summed E-state index contributed by atoms with van der Waals surface area (Å²) in [6, 6.07) is 0. The Balaban J connectivity index is 2.05. The molecule has 1 aliphatic heterocycles. The number of thiophene rings is 1. The molecule has 1 atom stereocenters. The number of aromatic nitrogens is 2. The Kier molecular flexibility index (Phi) is 3.46. The van der Waals surface area contributed by atoms with Crippen LogP contribution >= 0.6 is 23.1 Å². The summed E-state index contributed by atoms with van der Waals surface area (Å²) in [7, 11) is 0. The predicted molar refractivity (Wildman–Crippen MR) is 74.5 cm³/mol. The number of hydrogen-bond acceptors (Lipinski definition) is 8. The summed E-state index contributed by atoms with van der Waals surface area (Å²) in [5.41, 5.74) is -0.0734. The second-order valence-electron chi connectivity index (χ2n) is 4.46. The first kappa shape index (κ1) is 14.1. The van der Waals surface area contributed by atoms with Crippen LogP contribution in [-0.4, -0.2) is 33.8 Å². The zero-order chi connectivity index (χ0) is 15.1. The number of carboxylic acids is 1. The highest BCUT2D eigenvalue weighted by Crippen LogP contribution is 2.30. The quantitative estimate of drug-likeness (QED) is 0.627. The van der Waals surface area contributed by atoms with Crippen molar-refractivity contribution < 1.29 is 19.4 Å². The number of carbonyl (C=O) groups excluding carboxylic acids is 2. The van der Waals surface area contributed by atoms with Crippen LogP contribution in [0.25, 0.3) is 10.2 Å². The maximum Gasteiger partial charge on any atom is 0.319 e. The molecule has 3 rings (SSSR count). The first-order valence-electron chi connectivity index (χ1n) is 6.05. The average Bonchev–Trinajstić information content (AvgIpc) is 2.95. The Labute approximate surface area is 126 Å². The fourth-order valence-corrected chi connectivity index (χ4v) is 4.11. The molecule has 0 spiro atoms. The second-order valence-corrected chi connectivity index (χ2v) is 6.65. The molecule has 2 aromatic heterocycles. The highest BCUT2D eigenvalue weighted by molar-refractivity contribution is 8.00. The monoisotopic (exact) mass is 325 g/mol. The molecule has 3 heterocycles. The number of thioether (sulfide) groups is 1. The Hall–Kier alpha value is -1.87. The number of aromatic carboxylic acids is 1. The van der Waals surface area contributed by atoms with E-state index in [2.05, 4.69) is 9.97 Å². The number of ether oxygens (including phenoxy) is 1. The van der Waals surface area contributed by atoms with Gasteiger partial charge in [-0.1, -0.05) is 11.8 Å². The van der Waals surface area contributed by atoms with E-state index in [0.717, 1.165) is 23.1 Å². The van der Waals surface area contributed by atoms with Gasteiger partial charge in [0.2, 0.25) is 0 Å². The van der Waals surface area contributed by atoms with E-state index < -0.39 is 16.8 Å². The number of esters is 1. The third-order valence-electron chi connectivity index (χ3n) is 3.11. The molecule has 0 radical (unpaired) electrons. The number of cyclic esters (lactones) is 1. The van der Waals surface area contributed by atoms with Crippen LogP contribution in [0, 0.1) is 6.92 Å². The Bertz CT molecular complexity index is 810. The van der Waals surface area contributed by atoms with Gasteiger partial charge in [0.05, 0.1) is 22.8 Å². The summed E-state index contributed by atoms with van der Waals surface area (Å²) in [6.07, 6.45) is 0.555. The molecule has 2 aromatic rings. The molecule has 1 N–H and O–H groups in total. The molecule has 0 aliphatic carbocycles. The summed E-state index contributed by atoms with van der Waals surface area (Å²) in [6.45, 7) is 1.90. The standard InChI is InChI=1S/C12H10N2O5S2/c1-4-6-8(15)13-12(20-5-2-3-19-11(5)18)14-9(6)21-7(4)10(16)17/h5H,2-3H2,1H3,(H,16,17)(H,13,14,15)/p-1. The van der Waals surface area contributed by atoms with E-state index in [4.69, 9.17) is 4.74 Å². The molecular formula is C12H9N2O5S2-. The number of carbonyl (C=O) groups is 2. The fraction of sp³-hybridized carbons (Fsp3) is 0.333. The molecule has 0 aromatic carbocycles. The van der Waals surface area contributed by atoms with E-state index in [1.54, 1.807) is 6.92 Å². The van der Waals surface area contributed by atoms with E-state index >= 15 is 0 Å². The van der Waals surface area contributed by atoms with Crippen molar-refractivity contribution >= 4 is 45.3 Å². The lowest BCUT2D eigenvalue weighted by atomic mass is 10.2. The van der Waals surface area contributed by atoms with Crippen molar-refractivity contribution in [1.82, 2.24) is 9.97 Å². The molecule has 7 nitrogen and oxygen atoms in total. The van der Waals surface area contributed by atoms with Gasteiger partial charge in [0.25, 0.3) is 5.56 Å². The maximum atomic E-state index is 12.1. The van der Waals surface area contributed by atoms with Crippen LogP contribution in [0.2, 0.25) is 0 Å². The van der Waals surface area contributed by atoms with Gasteiger partial charge in [0.1, 0.15) is 10.1 Å². The molecular weight excluding hydrogens is 316 g/mol. The third-order valence-corrected chi connectivity index (χ3v) is 5.40. The van der Waals surface area contributed by atoms with Gasteiger partial charge >= 0.3 is 5.97 Å². The zero-order valence-electron chi connectivity index (χ0n) is 10.8. The Morgan fingerprint density at radius 3 is 2.90 bits per heavy atom. The molecule has 9 heteroatoms. The molecule has 0 bridgehead atoms. The van der Waals surface area contributed by atoms with E-state index in [0.29, 0.717) is 23.4 Å². The van der Waals surface area contributed by atoms with Crippen LogP contribution in [0.4, 0.5) is 0 Å². The van der Waals surface area contributed by atoms with Crippen molar-refractivity contribution in [2.75, 3.05) is 6.61 Å². The highest BCUT2D eigenvalue weighted by atomic mass is 32.2. The summed E-state index contributed by atoms with van der Waals surface area (Å²) >= 11 is 2.01. The van der Waals surface area contributed by atoms with E-state index in [-0.39, 0.29) is 21.4 Å². The number of nitrogens with zero attached hydrogens (tertiary/aromatic N) is 1. The van der Waals surface area contributed by atoms with Crippen LogP contribution in [0.5, 0.6) is 0 Å². The minimum Gasteiger partial charge on any atom is -0.544 e. The smallest absolute Gasteiger partial charge is 0.319 e. The molecule has 1 fully saturated rings. The van der Waals surface area contributed by atoms with Gasteiger partial charge in [-0.05, 0) is 12.5 Å². The van der Waals surface area contributed by atoms with Gasteiger partial charge in [-0.3, -0.25) is 9.59 Å². The summed E-state index contributed by atoms with van der Waals surface area (Å²) < 4.78 is 4.85. The van der Waals surface area contributed by atoms with Gasteiger partial charge in [-0.2, -0.15) is 0 Å². The van der Waals surface area contributed by atoms with Gasteiger partial charge in [-0.15, -0.1) is 11.3 Å². The Morgan fingerprint density at radius 1 is 1.52 bits per heavy atom. The number of H-pyrrole nitrogens is 1. The van der Waals surface area contributed by atoms with Crippen molar-refractivity contribution in [3.8, 4) is 0 Å². The lowest BCUT2D eigenvalue weighted by molar-refractivity contribution is -0.254. The van der Waals surface area contributed by atoms with Crippen molar-refractivity contribution in [2.24, 2.45) is 0 Å². The minimum atomic E-state index is -1.33. The Morgan fingerprint density at radius 2 is 2.29 bits per heavy atom.